The number of carbonyl (C=O) groups excluding carboxylic acids is 1. The summed E-state index contributed by atoms with van der Waals surface area (Å²) in [5.74, 6) is -0.517. The number of nitriles is 1. The number of nitrogens with zero attached hydrogens (tertiary/aromatic N) is 3. The van der Waals surface area contributed by atoms with Crippen LogP contribution in [0.15, 0.2) is 41.0 Å². The lowest BCUT2D eigenvalue weighted by molar-refractivity contribution is -0.385. The van der Waals surface area contributed by atoms with Crippen molar-refractivity contribution < 1.29 is 9.72 Å². The molecule has 0 aliphatic heterocycles. The molecule has 1 amide bonds. The van der Waals surface area contributed by atoms with Gasteiger partial charge in [-0.05, 0) is 40.2 Å². The number of rotatable bonds is 3. The predicted molar refractivity (Wildman–Crippen MR) is 77.7 cm³/mol. The van der Waals surface area contributed by atoms with Gasteiger partial charge >= 0.3 is 0 Å². The second-order valence-electron chi connectivity index (χ2n) is 3.92. The number of hydrogen-bond donors (Lipinski definition) is 1. The van der Waals surface area contributed by atoms with E-state index in [1.165, 1.54) is 36.5 Å². The Morgan fingerprint density at radius 2 is 2.14 bits per heavy atom. The van der Waals surface area contributed by atoms with Crippen LogP contribution in [0.4, 0.5) is 11.4 Å². The van der Waals surface area contributed by atoms with E-state index in [0.29, 0.717) is 10.0 Å². The van der Waals surface area contributed by atoms with Crippen LogP contribution in [0.25, 0.3) is 0 Å². The number of nitrogens with one attached hydrogen (secondary N) is 1. The molecule has 0 radical (unpaired) electrons. The molecule has 1 aromatic heterocycles. The van der Waals surface area contributed by atoms with Crippen molar-refractivity contribution in [3.8, 4) is 6.07 Å². The van der Waals surface area contributed by atoms with Gasteiger partial charge in [-0.25, -0.2) is 4.98 Å². The summed E-state index contributed by atoms with van der Waals surface area (Å²) in [7, 11) is 0. The number of anilines is 1. The number of carbonyl (C=O) groups is 1. The summed E-state index contributed by atoms with van der Waals surface area (Å²) >= 11 is 3.06. The quantitative estimate of drug-likeness (QED) is 0.678. The molecule has 0 spiro atoms. The second-order valence-corrected chi connectivity index (χ2v) is 4.78. The first-order valence-electron chi connectivity index (χ1n) is 5.62. The van der Waals surface area contributed by atoms with Crippen LogP contribution in [-0.2, 0) is 0 Å². The standard InChI is InChI=1S/C13H7BrN4O3/c14-10-3-2-9(5-12(10)18(20)21)17-13(19)11-4-1-8(6-15)7-16-11/h1-5,7H,(H,17,19). The maximum atomic E-state index is 11.9. The van der Waals surface area contributed by atoms with Crippen LogP contribution in [0.3, 0.4) is 0 Å². The lowest BCUT2D eigenvalue weighted by atomic mass is 10.2. The lowest BCUT2D eigenvalue weighted by Crippen LogP contribution is -2.13. The predicted octanol–water partition coefficient (Wildman–Crippen LogP) is 2.88. The first-order chi connectivity index (χ1) is 10.0. The van der Waals surface area contributed by atoms with E-state index in [2.05, 4.69) is 26.2 Å². The zero-order valence-electron chi connectivity index (χ0n) is 10.4. The summed E-state index contributed by atoms with van der Waals surface area (Å²) in [5, 5.41) is 22.0. The Morgan fingerprint density at radius 3 is 2.71 bits per heavy atom. The minimum absolute atomic E-state index is 0.111. The van der Waals surface area contributed by atoms with Crippen LogP contribution in [0.2, 0.25) is 0 Å². The Morgan fingerprint density at radius 1 is 1.38 bits per heavy atom. The van der Waals surface area contributed by atoms with E-state index < -0.39 is 10.8 Å². The molecule has 8 heteroatoms. The second kappa shape index (κ2) is 6.11. The number of benzene rings is 1. The molecule has 1 heterocycles. The van der Waals surface area contributed by atoms with Gasteiger partial charge in [-0.3, -0.25) is 14.9 Å². The number of nitro benzene ring substituents is 1. The van der Waals surface area contributed by atoms with Gasteiger partial charge in [-0.2, -0.15) is 5.26 Å². The molecule has 1 aromatic carbocycles. The fourth-order valence-electron chi connectivity index (χ4n) is 1.52. The third kappa shape index (κ3) is 3.40. The Kier molecular flexibility index (Phi) is 4.25. The van der Waals surface area contributed by atoms with Crippen molar-refractivity contribution >= 4 is 33.2 Å². The highest BCUT2D eigenvalue weighted by atomic mass is 79.9. The third-order valence-electron chi connectivity index (χ3n) is 2.53. The molecular weight excluding hydrogens is 340 g/mol. The monoisotopic (exact) mass is 346 g/mol. The van der Waals surface area contributed by atoms with Crippen molar-refractivity contribution in [2.24, 2.45) is 0 Å². The fourth-order valence-corrected chi connectivity index (χ4v) is 1.91. The van der Waals surface area contributed by atoms with Crippen LogP contribution < -0.4 is 5.32 Å². The van der Waals surface area contributed by atoms with Gasteiger partial charge in [0.15, 0.2) is 0 Å². The maximum Gasteiger partial charge on any atom is 0.285 e. The average molecular weight is 347 g/mol. The van der Waals surface area contributed by atoms with E-state index in [1.54, 1.807) is 0 Å². The normalized spacial score (nSPS) is 9.71. The van der Waals surface area contributed by atoms with Crippen molar-refractivity contribution in [2.45, 2.75) is 0 Å². The summed E-state index contributed by atoms with van der Waals surface area (Å²) in [6.07, 6.45) is 1.28. The van der Waals surface area contributed by atoms with Gasteiger partial charge in [-0.15, -0.1) is 0 Å². The van der Waals surface area contributed by atoms with Gasteiger partial charge in [0.25, 0.3) is 11.6 Å². The van der Waals surface area contributed by atoms with Crippen molar-refractivity contribution in [1.82, 2.24) is 4.98 Å². The molecule has 2 rings (SSSR count). The number of nitro groups is 1. The zero-order valence-corrected chi connectivity index (χ0v) is 12.0. The minimum atomic E-state index is -0.556. The Labute approximate surface area is 127 Å². The molecule has 0 saturated carbocycles. The van der Waals surface area contributed by atoms with Crippen LogP contribution >= 0.6 is 15.9 Å². The van der Waals surface area contributed by atoms with Gasteiger partial charge in [-0.1, -0.05) is 0 Å². The summed E-state index contributed by atoms with van der Waals surface area (Å²) in [4.78, 5) is 26.0. The smallest absolute Gasteiger partial charge is 0.285 e. The first-order valence-corrected chi connectivity index (χ1v) is 6.42. The summed E-state index contributed by atoms with van der Waals surface area (Å²) in [5.41, 5.74) is 0.576. The largest absolute Gasteiger partial charge is 0.320 e. The molecule has 0 bridgehead atoms. The van der Waals surface area contributed by atoms with Crippen LogP contribution in [0.5, 0.6) is 0 Å². The van der Waals surface area contributed by atoms with E-state index in [0.717, 1.165) is 0 Å². The van der Waals surface area contributed by atoms with Crippen molar-refractivity contribution in [3.05, 3.63) is 62.4 Å². The van der Waals surface area contributed by atoms with E-state index in [4.69, 9.17) is 5.26 Å². The number of halogens is 1. The zero-order chi connectivity index (χ0) is 15.4. The highest BCUT2D eigenvalue weighted by molar-refractivity contribution is 9.10. The van der Waals surface area contributed by atoms with E-state index in [1.807, 2.05) is 6.07 Å². The van der Waals surface area contributed by atoms with Gasteiger partial charge in [0, 0.05) is 18.0 Å². The molecule has 0 unspecified atom stereocenters. The lowest BCUT2D eigenvalue weighted by Gasteiger charge is -2.05. The van der Waals surface area contributed by atoms with Crippen molar-refractivity contribution in [2.75, 3.05) is 5.32 Å². The molecule has 7 nitrogen and oxygen atoms in total. The maximum absolute atomic E-state index is 11.9. The molecule has 0 saturated heterocycles. The Hall–Kier alpha value is -2.79. The number of amides is 1. The van der Waals surface area contributed by atoms with Gasteiger partial charge in [0.05, 0.1) is 15.0 Å². The van der Waals surface area contributed by atoms with Crippen molar-refractivity contribution in [3.63, 3.8) is 0 Å². The first kappa shape index (κ1) is 14.6. The van der Waals surface area contributed by atoms with Crippen molar-refractivity contribution in [1.29, 1.82) is 5.26 Å². The summed E-state index contributed by atoms with van der Waals surface area (Å²) < 4.78 is 0.321. The van der Waals surface area contributed by atoms with E-state index >= 15 is 0 Å². The topological polar surface area (TPSA) is 109 Å². The van der Waals surface area contributed by atoms with Gasteiger partial charge in [0.2, 0.25) is 0 Å². The molecule has 104 valence electrons. The summed E-state index contributed by atoms with van der Waals surface area (Å²) in [6, 6.07) is 9.00. The minimum Gasteiger partial charge on any atom is -0.320 e. The molecule has 1 N–H and O–H groups in total. The number of hydrogen-bond acceptors (Lipinski definition) is 5. The number of pyridine rings is 1. The molecule has 0 fully saturated rings. The number of aromatic nitrogens is 1. The van der Waals surface area contributed by atoms with E-state index in [-0.39, 0.29) is 17.1 Å². The van der Waals surface area contributed by atoms with Gasteiger partial charge in [0.1, 0.15) is 11.8 Å². The Bertz CT molecular complexity index is 753. The third-order valence-corrected chi connectivity index (χ3v) is 3.20. The molecule has 0 aliphatic carbocycles. The van der Waals surface area contributed by atoms with E-state index in [9.17, 15) is 14.9 Å². The highest BCUT2D eigenvalue weighted by Crippen LogP contribution is 2.27. The molecule has 21 heavy (non-hydrogen) atoms. The van der Waals surface area contributed by atoms with Gasteiger partial charge < -0.3 is 5.32 Å². The van der Waals surface area contributed by atoms with Crippen LogP contribution in [0, 0.1) is 21.4 Å². The SMILES string of the molecule is N#Cc1ccc(C(=O)Nc2ccc(Br)c([N+](=O)[O-])c2)nc1. The highest BCUT2D eigenvalue weighted by Gasteiger charge is 2.14. The fraction of sp³-hybridized carbons (Fsp3) is 0. The Balaban J connectivity index is 2.21. The van der Waals surface area contributed by atoms with Crippen LogP contribution in [0.1, 0.15) is 16.1 Å². The molecule has 0 atom stereocenters. The molecular formula is C13H7BrN4O3. The average Bonchev–Trinajstić information content (AvgIpc) is 2.49. The molecule has 2 aromatic rings. The molecule has 0 aliphatic rings. The van der Waals surface area contributed by atoms with Crippen LogP contribution in [-0.4, -0.2) is 15.8 Å². The summed E-state index contributed by atoms with van der Waals surface area (Å²) in [6.45, 7) is 0.